The fourth-order valence-corrected chi connectivity index (χ4v) is 5.09. The molecule has 0 spiro atoms. The normalized spacial score (nSPS) is 16.7. The summed E-state index contributed by atoms with van der Waals surface area (Å²) >= 11 is 1.53. The van der Waals surface area contributed by atoms with Crippen LogP contribution in [0.15, 0.2) is 53.7 Å². The molecule has 0 radical (unpaired) electrons. The van der Waals surface area contributed by atoms with Gasteiger partial charge >= 0.3 is 0 Å². The number of aromatic nitrogens is 2. The van der Waals surface area contributed by atoms with Crippen molar-refractivity contribution in [2.24, 2.45) is 0 Å². The highest BCUT2D eigenvalue weighted by Gasteiger charge is 2.25. The summed E-state index contributed by atoms with van der Waals surface area (Å²) in [4.78, 5) is 19.9. The van der Waals surface area contributed by atoms with Gasteiger partial charge in [0.15, 0.2) is 5.16 Å². The highest BCUT2D eigenvalue weighted by atomic mass is 32.2. The molecule has 1 aliphatic rings. The van der Waals surface area contributed by atoms with E-state index in [0.717, 1.165) is 53.4 Å². The Bertz CT molecular complexity index is 999. The molecular formula is C24H29N3O2S. The molecule has 1 fully saturated rings. The molecule has 30 heavy (non-hydrogen) atoms. The minimum Gasteiger partial charge on any atom is -0.494 e. The van der Waals surface area contributed by atoms with Gasteiger partial charge in [-0.2, -0.15) is 0 Å². The van der Waals surface area contributed by atoms with Gasteiger partial charge in [-0.1, -0.05) is 30.8 Å². The molecule has 1 aromatic heterocycles. The van der Waals surface area contributed by atoms with E-state index in [1.807, 2.05) is 49.4 Å². The van der Waals surface area contributed by atoms with Gasteiger partial charge < -0.3 is 9.64 Å². The summed E-state index contributed by atoms with van der Waals surface area (Å²) in [6.45, 7) is 5.68. The van der Waals surface area contributed by atoms with Gasteiger partial charge in [0.25, 0.3) is 0 Å². The number of hydrogen-bond donors (Lipinski definition) is 0. The summed E-state index contributed by atoms with van der Waals surface area (Å²) in [7, 11) is 0. The number of hydrogen-bond acceptors (Lipinski definition) is 4. The predicted octanol–water partition coefficient (Wildman–Crippen LogP) is 5.31. The lowest BCUT2D eigenvalue weighted by molar-refractivity contribution is -0.132. The number of para-hydroxylation sites is 2. The van der Waals surface area contributed by atoms with Crippen molar-refractivity contribution in [3.05, 3.63) is 48.5 Å². The first-order chi connectivity index (χ1) is 14.7. The van der Waals surface area contributed by atoms with Crippen molar-refractivity contribution in [3.63, 3.8) is 0 Å². The summed E-state index contributed by atoms with van der Waals surface area (Å²) in [6, 6.07) is 16.5. The second kappa shape index (κ2) is 9.56. The number of benzene rings is 2. The van der Waals surface area contributed by atoms with Crippen LogP contribution in [0, 0.1) is 0 Å². The van der Waals surface area contributed by atoms with Crippen LogP contribution in [0.1, 0.15) is 39.5 Å². The van der Waals surface area contributed by atoms with Gasteiger partial charge in [-0.25, -0.2) is 4.98 Å². The number of imidazole rings is 1. The molecule has 0 aliphatic carbocycles. The van der Waals surface area contributed by atoms with Crippen molar-refractivity contribution >= 4 is 28.7 Å². The lowest BCUT2D eigenvalue weighted by atomic mass is 10.0. The SMILES string of the molecule is CCOc1ccc(-n2c(SCC(=O)N3CCCC[C@H]3CC)nc3ccccc32)cc1. The van der Waals surface area contributed by atoms with Crippen LogP contribution >= 0.6 is 11.8 Å². The van der Waals surface area contributed by atoms with Crippen LogP contribution in [0.5, 0.6) is 5.75 Å². The highest BCUT2D eigenvalue weighted by Crippen LogP contribution is 2.30. The quantitative estimate of drug-likeness (QED) is 0.483. The van der Waals surface area contributed by atoms with E-state index in [-0.39, 0.29) is 5.91 Å². The fourth-order valence-electron chi connectivity index (χ4n) is 4.17. The minimum absolute atomic E-state index is 0.219. The summed E-state index contributed by atoms with van der Waals surface area (Å²) in [5.41, 5.74) is 3.00. The van der Waals surface area contributed by atoms with Gasteiger partial charge in [-0.05, 0) is 69.0 Å². The molecule has 0 saturated carbocycles. The largest absolute Gasteiger partial charge is 0.494 e. The van der Waals surface area contributed by atoms with Crippen molar-refractivity contribution in [2.45, 2.75) is 50.7 Å². The number of carbonyl (C=O) groups excluding carboxylic acids is 1. The molecule has 5 nitrogen and oxygen atoms in total. The zero-order chi connectivity index (χ0) is 20.9. The molecule has 1 amide bonds. The smallest absolute Gasteiger partial charge is 0.233 e. The molecule has 0 N–H and O–H groups in total. The molecular weight excluding hydrogens is 394 g/mol. The Morgan fingerprint density at radius 3 is 2.70 bits per heavy atom. The van der Waals surface area contributed by atoms with Crippen molar-refractivity contribution in [1.82, 2.24) is 14.5 Å². The number of thioether (sulfide) groups is 1. The van der Waals surface area contributed by atoms with E-state index in [9.17, 15) is 4.79 Å². The number of likely N-dealkylation sites (tertiary alicyclic amines) is 1. The fraction of sp³-hybridized carbons (Fsp3) is 0.417. The average molecular weight is 424 g/mol. The van der Waals surface area contributed by atoms with Crippen LogP contribution < -0.4 is 4.74 Å². The highest BCUT2D eigenvalue weighted by molar-refractivity contribution is 7.99. The van der Waals surface area contributed by atoms with Crippen LogP contribution in [0.25, 0.3) is 16.7 Å². The second-order valence-electron chi connectivity index (χ2n) is 7.58. The number of carbonyl (C=O) groups is 1. The van der Waals surface area contributed by atoms with Crippen molar-refractivity contribution in [2.75, 3.05) is 18.9 Å². The van der Waals surface area contributed by atoms with Crippen LogP contribution in [0.4, 0.5) is 0 Å². The standard InChI is InChI=1S/C24H29N3O2S/c1-3-18-9-7-8-16-26(18)23(28)17-30-24-25-21-10-5-6-11-22(21)27(24)19-12-14-20(15-13-19)29-4-2/h5-6,10-15,18H,3-4,7-9,16-17H2,1-2H3/t18-/m1/s1. The van der Waals surface area contributed by atoms with E-state index in [1.165, 1.54) is 18.2 Å². The van der Waals surface area contributed by atoms with E-state index in [1.54, 1.807) is 0 Å². The summed E-state index contributed by atoms with van der Waals surface area (Å²) < 4.78 is 7.72. The first kappa shape index (κ1) is 20.8. The maximum Gasteiger partial charge on any atom is 0.233 e. The van der Waals surface area contributed by atoms with Crippen LogP contribution in [0.2, 0.25) is 0 Å². The first-order valence-electron chi connectivity index (χ1n) is 10.8. The van der Waals surface area contributed by atoms with E-state index < -0.39 is 0 Å². The third kappa shape index (κ3) is 4.33. The molecule has 158 valence electrons. The topological polar surface area (TPSA) is 47.4 Å². The Hall–Kier alpha value is -2.47. The zero-order valence-corrected chi connectivity index (χ0v) is 18.5. The third-order valence-corrected chi connectivity index (χ3v) is 6.60. The second-order valence-corrected chi connectivity index (χ2v) is 8.52. The Morgan fingerprint density at radius 2 is 1.93 bits per heavy atom. The molecule has 2 aromatic carbocycles. The molecule has 6 heteroatoms. The third-order valence-electron chi connectivity index (χ3n) is 5.68. The van der Waals surface area contributed by atoms with Crippen LogP contribution in [-0.2, 0) is 4.79 Å². The molecule has 1 atom stereocenters. The van der Waals surface area contributed by atoms with Gasteiger partial charge in [-0.3, -0.25) is 9.36 Å². The minimum atomic E-state index is 0.219. The number of amides is 1. The Labute approximate surface area is 182 Å². The molecule has 2 heterocycles. The summed E-state index contributed by atoms with van der Waals surface area (Å²) in [6.07, 6.45) is 4.49. The van der Waals surface area contributed by atoms with E-state index >= 15 is 0 Å². The van der Waals surface area contributed by atoms with Crippen molar-refractivity contribution in [1.29, 1.82) is 0 Å². The van der Waals surface area contributed by atoms with Crippen LogP contribution in [0.3, 0.4) is 0 Å². The lowest BCUT2D eigenvalue weighted by Gasteiger charge is -2.35. The van der Waals surface area contributed by atoms with Crippen molar-refractivity contribution < 1.29 is 9.53 Å². The monoisotopic (exact) mass is 423 g/mol. The molecule has 0 bridgehead atoms. The van der Waals surface area contributed by atoms with E-state index in [4.69, 9.17) is 9.72 Å². The number of ether oxygens (including phenoxy) is 1. The Morgan fingerprint density at radius 1 is 1.13 bits per heavy atom. The summed E-state index contributed by atoms with van der Waals surface area (Å²) in [5, 5.41) is 0.846. The Kier molecular flexibility index (Phi) is 6.62. The lowest BCUT2D eigenvalue weighted by Crippen LogP contribution is -2.44. The van der Waals surface area contributed by atoms with E-state index in [0.29, 0.717) is 18.4 Å². The number of fused-ring (bicyclic) bond motifs is 1. The predicted molar refractivity (Wildman–Crippen MR) is 123 cm³/mol. The van der Waals surface area contributed by atoms with Gasteiger partial charge in [-0.15, -0.1) is 0 Å². The number of nitrogens with zero attached hydrogens (tertiary/aromatic N) is 3. The van der Waals surface area contributed by atoms with Gasteiger partial charge in [0, 0.05) is 18.3 Å². The van der Waals surface area contributed by atoms with Crippen LogP contribution in [-0.4, -0.2) is 45.3 Å². The molecule has 0 unspecified atom stereocenters. The first-order valence-corrected chi connectivity index (χ1v) is 11.8. The number of rotatable bonds is 7. The summed E-state index contributed by atoms with van der Waals surface area (Å²) in [5.74, 6) is 1.49. The van der Waals surface area contributed by atoms with Gasteiger partial charge in [0.2, 0.25) is 5.91 Å². The maximum absolute atomic E-state index is 13.0. The molecule has 1 aliphatic heterocycles. The molecule has 1 saturated heterocycles. The maximum atomic E-state index is 13.0. The average Bonchev–Trinajstić information content (AvgIpc) is 3.16. The Balaban J connectivity index is 1.59. The zero-order valence-electron chi connectivity index (χ0n) is 17.7. The van der Waals surface area contributed by atoms with Gasteiger partial charge in [0.05, 0.1) is 23.4 Å². The van der Waals surface area contributed by atoms with Gasteiger partial charge in [0.1, 0.15) is 5.75 Å². The molecule has 3 aromatic rings. The van der Waals surface area contributed by atoms with E-state index in [2.05, 4.69) is 22.5 Å². The molecule has 4 rings (SSSR count). The number of piperidine rings is 1. The van der Waals surface area contributed by atoms with Crippen molar-refractivity contribution in [3.8, 4) is 11.4 Å².